The quantitative estimate of drug-likeness (QED) is 0.741. The normalized spacial score (nSPS) is 15.8. The van der Waals surface area contributed by atoms with Gasteiger partial charge in [-0.1, -0.05) is 18.2 Å². The summed E-state index contributed by atoms with van der Waals surface area (Å²) in [6, 6.07) is 12.4. The molecule has 4 rings (SSSR count). The van der Waals surface area contributed by atoms with Gasteiger partial charge in [-0.2, -0.15) is 0 Å². The fraction of sp³-hybridized carbons (Fsp3) is 0.400. The van der Waals surface area contributed by atoms with Crippen molar-refractivity contribution in [1.82, 2.24) is 14.9 Å². The molecule has 3 aromatic rings. The van der Waals surface area contributed by atoms with E-state index < -0.39 is 0 Å². The van der Waals surface area contributed by atoms with Crippen LogP contribution in [-0.4, -0.2) is 33.9 Å². The number of rotatable bonds is 5. The molecule has 1 fully saturated rings. The van der Waals surface area contributed by atoms with Crippen LogP contribution in [0.1, 0.15) is 42.3 Å². The number of imidazole rings is 1. The zero-order valence-electron chi connectivity index (χ0n) is 14.3. The van der Waals surface area contributed by atoms with Gasteiger partial charge in [-0.25, -0.2) is 4.98 Å². The van der Waals surface area contributed by atoms with Crippen LogP contribution < -0.4 is 0 Å². The number of para-hydroxylation sites is 2. The Balaban J connectivity index is 1.28. The molecule has 1 aliphatic rings. The lowest BCUT2D eigenvalue weighted by atomic mass is 9.96. The SMILES string of the molecule is O=C(CCCc1cccs1)N1CCC(c2nc3ccccc3[nH]2)CC1. The lowest BCUT2D eigenvalue weighted by Gasteiger charge is -2.31. The lowest BCUT2D eigenvalue weighted by molar-refractivity contribution is -0.132. The highest BCUT2D eigenvalue weighted by molar-refractivity contribution is 7.09. The van der Waals surface area contributed by atoms with Crippen molar-refractivity contribution in [3.8, 4) is 0 Å². The maximum atomic E-state index is 12.4. The molecule has 4 nitrogen and oxygen atoms in total. The Labute approximate surface area is 151 Å². The third-order valence-electron chi connectivity index (χ3n) is 5.04. The number of nitrogens with one attached hydrogen (secondary N) is 1. The zero-order valence-corrected chi connectivity index (χ0v) is 15.1. The van der Waals surface area contributed by atoms with Crippen molar-refractivity contribution < 1.29 is 4.79 Å². The molecular weight excluding hydrogens is 330 g/mol. The lowest BCUT2D eigenvalue weighted by Crippen LogP contribution is -2.38. The predicted molar refractivity (Wildman–Crippen MR) is 102 cm³/mol. The summed E-state index contributed by atoms with van der Waals surface area (Å²) in [5, 5.41) is 2.10. The van der Waals surface area contributed by atoms with Gasteiger partial charge in [0.15, 0.2) is 0 Å². The summed E-state index contributed by atoms with van der Waals surface area (Å²) in [6.45, 7) is 1.69. The van der Waals surface area contributed by atoms with Gasteiger partial charge >= 0.3 is 0 Å². The van der Waals surface area contributed by atoms with Gasteiger partial charge in [-0.05, 0) is 49.3 Å². The first-order chi connectivity index (χ1) is 12.3. The summed E-state index contributed by atoms with van der Waals surface area (Å²) in [7, 11) is 0. The maximum absolute atomic E-state index is 12.4. The number of H-pyrrole nitrogens is 1. The van der Waals surface area contributed by atoms with Crippen molar-refractivity contribution >= 4 is 28.3 Å². The second kappa shape index (κ2) is 7.40. The number of likely N-dealkylation sites (tertiary alicyclic amines) is 1. The molecule has 130 valence electrons. The van der Waals surface area contributed by atoms with E-state index in [1.165, 1.54) is 4.88 Å². The van der Waals surface area contributed by atoms with E-state index in [0.717, 1.165) is 55.6 Å². The maximum Gasteiger partial charge on any atom is 0.222 e. The number of fused-ring (bicyclic) bond motifs is 1. The van der Waals surface area contributed by atoms with Crippen LogP contribution in [-0.2, 0) is 11.2 Å². The number of carbonyl (C=O) groups is 1. The van der Waals surface area contributed by atoms with E-state index in [0.29, 0.717) is 18.2 Å². The summed E-state index contributed by atoms with van der Waals surface area (Å²) in [5.41, 5.74) is 2.13. The third-order valence-corrected chi connectivity index (χ3v) is 5.97. The number of benzene rings is 1. The van der Waals surface area contributed by atoms with Crippen LogP contribution in [0.4, 0.5) is 0 Å². The second-order valence-corrected chi connectivity index (χ2v) is 7.76. The molecule has 2 aromatic heterocycles. The van der Waals surface area contributed by atoms with Crippen molar-refractivity contribution in [3.63, 3.8) is 0 Å². The monoisotopic (exact) mass is 353 g/mol. The van der Waals surface area contributed by atoms with Gasteiger partial charge in [0.05, 0.1) is 11.0 Å². The van der Waals surface area contributed by atoms with Gasteiger partial charge in [0.1, 0.15) is 5.82 Å². The molecule has 0 bridgehead atoms. The molecule has 1 amide bonds. The van der Waals surface area contributed by atoms with Crippen LogP contribution in [0, 0.1) is 0 Å². The summed E-state index contributed by atoms with van der Waals surface area (Å²) in [4.78, 5) is 24.0. The number of thiophene rings is 1. The van der Waals surface area contributed by atoms with Gasteiger partial charge in [-0.3, -0.25) is 4.79 Å². The van der Waals surface area contributed by atoms with Gasteiger partial charge in [0.2, 0.25) is 5.91 Å². The molecule has 0 atom stereocenters. The molecule has 0 unspecified atom stereocenters. The van der Waals surface area contributed by atoms with Crippen molar-refractivity contribution in [2.45, 2.75) is 38.0 Å². The highest BCUT2D eigenvalue weighted by Gasteiger charge is 2.25. The molecular formula is C20H23N3OS. The fourth-order valence-corrected chi connectivity index (χ4v) is 4.35. The molecule has 3 heterocycles. The molecule has 0 saturated carbocycles. The number of amides is 1. The van der Waals surface area contributed by atoms with Gasteiger partial charge in [0.25, 0.3) is 0 Å². The minimum atomic E-state index is 0.305. The Hall–Kier alpha value is -2.14. The number of hydrogen-bond acceptors (Lipinski definition) is 3. The minimum Gasteiger partial charge on any atom is -0.343 e. The van der Waals surface area contributed by atoms with Crippen molar-refractivity contribution in [2.75, 3.05) is 13.1 Å². The highest BCUT2D eigenvalue weighted by atomic mass is 32.1. The van der Waals surface area contributed by atoms with Gasteiger partial charge in [0, 0.05) is 30.3 Å². The van der Waals surface area contributed by atoms with Gasteiger partial charge < -0.3 is 9.88 Å². The largest absolute Gasteiger partial charge is 0.343 e. The average Bonchev–Trinajstić information content (AvgIpc) is 3.31. The summed E-state index contributed by atoms with van der Waals surface area (Å²) in [5.74, 6) is 1.81. The number of aryl methyl sites for hydroxylation is 1. The number of aromatic nitrogens is 2. The molecule has 0 radical (unpaired) electrons. The van der Waals surface area contributed by atoms with E-state index in [9.17, 15) is 4.79 Å². The summed E-state index contributed by atoms with van der Waals surface area (Å²) in [6.07, 6.45) is 4.61. The fourth-order valence-electron chi connectivity index (χ4n) is 3.59. The first-order valence-electron chi connectivity index (χ1n) is 9.04. The molecule has 25 heavy (non-hydrogen) atoms. The number of nitrogens with zero attached hydrogens (tertiary/aromatic N) is 2. The number of aromatic amines is 1. The van der Waals surface area contributed by atoms with E-state index in [4.69, 9.17) is 4.98 Å². The molecule has 1 saturated heterocycles. The Morgan fingerprint density at radius 2 is 2.04 bits per heavy atom. The van der Waals surface area contributed by atoms with Gasteiger partial charge in [-0.15, -0.1) is 11.3 Å². The van der Waals surface area contributed by atoms with Crippen LogP contribution in [0.25, 0.3) is 11.0 Å². The summed E-state index contributed by atoms with van der Waals surface area (Å²) >= 11 is 1.77. The second-order valence-electron chi connectivity index (χ2n) is 6.73. The highest BCUT2D eigenvalue weighted by Crippen LogP contribution is 2.28. The Morgan fingerprint density at radius 1 is 1.20 bits per heavy atom. The molecule has 1 aromatic carbocycles. The Kier molecular flexibility index (Phi) is 4.83. The van der Waals surface area contributed by atoms with Crippen molar-refractivity contribution in [1.29, 1.82) is 0 Å². The van der Waals surface area contributed by atoms with Crippen LogP contribution in [0.3, 0.4) is 0 Å². The average molecular weight is 353 g/mol. The van der Waals surface area contributed by atoms with Crippen LogP contribution in [0.2, 0.25) is 0 Å². The summed E-state index contributed by atoms with van der Waals surface area (Å²) < 4.78 is 0. The molecule has 1 N–H and O–H groups in total. The van der Waals surface area contributed by atoms with E-state index in [1.807, 2.05) is 23.1 Å². The standard InChI is InChI=1S/C20H23N3OS/c24-19(9-3-5-16-6-4-14-25-16)23-12-10-15(11-13-23)20-21-17-7-1-2-8-18(17)22-20/h1-2,4,6-8,14-15H,3,5,9-13H2,(H,21,22). The van der Waals surface area contributed by atoms with Crippen LogP contribution in [0.15, 0.2) is 41.8 Å². The predicted octanol–water partition coefficient (Wildman–Crippen LogP) is 4.35. The number of carbonyl (C=O) groups excluding carboxylic acids is 1. The van der Waals surface area contributed by atoms with Crippen molar-refractivity contribution in [2.24, 2.45) is 0 Å². The number of hydrogen-bond donors (Lipinski definition) is 1. The minimum absolute atomic E-state index is 0.305. The Morgan fingerprint density at radius 3 is 2.80 bits per heavy atom. The first kappa shape index (κ1) is 16.3. The topological polar surface area (TPSA) is 49.0 Å². The molecule has 0 spiro atoms. The van der Waals surface area contributed by atoms with E-state index in [1.54, 1.807) is 11.3 Å². The van der Waals surface area contributed by atoms with E-state index >= 15 is 0 Å². The third kappa shape index (κ3) is 3.76. The molecule has 1 aliphatic heterocycles. The number of piperidine rings is 1. The zero-order chi connectivity index (χ0) is 17.1. The molecule has 5 heteroatoms. The van der Waals surface area contributed by atoms with E-state index in [-0.39, 0.29) is 0 Å². The van der Waals surface area contributed by atoms with Crippen molar-refractivity contribution in [3.05, 3.63) is 52.5 Å². The van der Waals surface area contributed by atoms with Crippen LogP contribution in [0.5, 0.6) is 0 Å². The van der Waals surface area contributed by atoms with Crippen LogP contribution >= 0.6 is 11.3 Å². The smallest absolute Gasteiger partial charge is 0.222 e. The molecule has 0 aliphatic carbocycles. The van der Waals surface area contributed by atoms with E-state index in [2.05, 4.69) is 28.6 Å². The first-order valence-corrected chi connectivity index (χ1v) is 9.92. The Bertz CT molecular complexity index is 799.